The molecule has 0 amide bonds. The first-order valence-electron chi connectivity index (χ1n) is 7.89. The number of rotatable bonds is 0. The molecule has 3 fully saturated rings. The van der Waals surface area contributed by atoms with Crippen LogP contribution in [0, 0.1) is 22.2 Å². The van der Waals surface area contributed by atoms with Gasteiger partial charge in [0, 0.05) is 6.61 Å². The Hall–Kier alpha value is -0.0400. The molecular weight excluding hydrogens is 220 g/mol. The summed E-state index contributed by atoms with van der Waals surface area (Å²) < 4.78 is 6.17. The standard InChI is InChI=1S/C17H30O/c1-14(2)8-6-9-15(3)13-7-12-18-16(13,4)10-11-17(14,15)5/h13H,6-12H2,1-5H3/t13-,15-,16-,17?/m1/s1. The smallest absolute Gasteiger partial charge is 0.0689 e. The van der Waals surface area contributed by atoms with Crippen LogP contribution < -0.4 is 0 Å². The van der Waals surface area contributed by atoms with Crippen molar-refractivity contribution >= 4 is 0 Å². The van der Waals surface area contributed by atoms with E-state index in [1.165, 1.54) is 38.5 Å². The second-order valence-electron chi connectivity index (χ2n) is 8.49. The highest BCUT2D eigenvalue weighted by Gasteiger charge is 2.65. The van der Waals surface area contributed by atoms with Gasteiger partial charge in [0.25, 0.3) is 0 Å². The topological polar surface area (TPSA) is 9.23 Å². The molecule has 4 atom stereocenters. The first-order chi connectivity index (χ1) is 8.25. The van der Waals surface area contributed by atoms with E-state index in [-0.39, 0.29) is 5.60 Å². The summed E-state index contributed by atoms with van der Waals surface area (Å²) in [5.41, 5.74) is 1.65. The molecule has 1 heterocycles. The van der Waals surface area contributed by atoms with Gasteiger partial charge in [-0.25, -0.2) is 0 Å². The largest absolute Gasteiger partial charge is 0.375 e. The molecule has 1 unspecified atom stereocenters. The molecule has 18 heavy (non-hydrogen) atoms. The highest BCUT2D eigenvalue weighted by molar-refractivity contribution is 5.15. The Morgan fingerprint density at radius 1 is 0.889 bits per heavy atom. The predicted molar refractivity (Wildman–Crippen MR) is 75.5 cm³/mol. The molecule has 1 nitrogen and oxygen atoms in total. The molecule has 1 aliphatic heterocycles. The number of hydrogen-bond donors (Lipinski definition) is 0. The van der Waals surface area contributed by atoms with Gasteiger partial charge in [0.05, 0.1) is 5.60 Å². The van der Waals surface area contributed by atoms with Gasteiger partial charge in [-0.3, -0.25) is 0 Å². The monoisotopic (exact) mass is 250 g/mol. The van der Waals surface area contributed by atoms with E-state index in [2.05, 4.69) is 34.6 Å². The van der Waals surface area contributed by atoms with Crippen molar-refractivity contribution in [2.24, 2.45) is 22.2 Å². The summed E-state index contributed by atoms with van der Waals surface area (Å²) in [6.07, 6.45) is 8.14. The van der Waals surface area contributed by atoms with Crippen molar-refractivity contribution in [3.63, 3.8) is 0 Å². The fourth-order valence-corrected chi connectivity index (χ4v) is 5.96. The molecule has 1 heteroatoms. The van der Waals surface area contributed by atoms with Gasteiger partial charge < -0.3 is 4.74 Å². The van der Waals surface area contributed by atoms with E-state index in [0.29, 0.717) is 16.2 Å². The number of ether oxygens (including phenoxy) is 1. The Labute approximate surface area is 113 Å². The molecule has 1 saturated heterocycles. The summed E-state index contributed by atoms with van der Waals surface area (Å²) in [5, 5.41) is 0. The van der Waals surface area contributed by atoms with Crippen LogP contribution in [0.5, 0.6) is 0 Å². The quantitative estimate of drug-likeness (QED) is 0.600. The van der Waals surface area contributed by atoms with Crippen molar-refractivity contribution in [1.82, 2.24) is 0 Å². The minimum Gasteiger partial charge on any atom is -0.375 e. The molecule has 0 aromatic carbocycles. The second-order valence-corrected chi connectivity index (χ2v) is 8.49. The Kier molecular flexibility index (Phi) is 2.55. The van der Waals surface area contributed by atoms with Crippen LogP contribution in [0.4, 0.5) is 0 Å². The van der Waals surface area contributed by atoms with Crippen LogP contribution in [0.1, 0.15) is 73.1 Å². The molecular formula is C17H30O. The van der Waals surface area contributed by atoms with Crippen LogP contribution in [-0.4, -0.2) is 12.2 Å². The van der Waals surface area contributed by atoms with Gasteiger partial charge in [0.1, 0.15) is 0 Å². The van der Waals surface area contributed by atoms with E-state index in [1.807, 2.05) is 0 Å². The molecule has 3 rings (SSSR count). The minimum atomic E-state index is 0.182. The summed E-state index contributed by atoms with van der Waals surface area (Å²) in [4.78, 5) is 0. The lowest BCUT2D eigenvalue weighted by Gasteiger charge is -2.67. The zero-order chi connectivity index (χ0) is 13.2. The van der Waals surface area contributed by atoms with Crippen LogP contribution in [0.15, 0.2) is 0 Å². The van der Waals surface area contributed by atoms with Gasteiger partial charge >= 0.3 is 0 Å². The summed E-state index contributed by atoms with van der Waals surface area (Å²) in [6, 6.07) is 0. The van der Waals surface area contributed by atoms with E-state index in [9.17, 15) is 0 Å². The van der Waals surface area contributed by atoms with Gasteiger partial charge in [-0.2, -0.15) is 0 Å². The van der Waals surface area contributed by atoms with Gasteiger partial charge in [-0.05, 0) is 61.2 Å². The van der Waals surface area contributed by atoms with Crippen molar-refractivity contribution in [2.75, 3.05) is 6.61 Å². The Bertz CT molecular complexity index is 361. The van der Waals surface area contributed by atoms with Crippen molar-refractivity contribution in [3.05, 3.63) is 0 Å². The van der Waals surface area contributed by atoms with Crippen LogP contribution in [0.25, 0.3) is 0 Å². The zero-order valence-corrected chi connectivity index (χ0v) is 12.9. The van der Waals surface area contributed by atoms with E-state index in [1.54, 1.807) is 0 Å². The van der Waals surface area contributed by atoms with Gasteiger partial charge in [-0.15, -0.1) is 0 Å². The van der Waals surface area contributed by atoms with Gasteiger partial charge in [-0.1, -0.05) is 34.1 Å². The minimum absolute atomic E-state index is 0.182. The Morgan fingerprint density at radius 3 is 2.33 bits per heavy atom. The molecule has 0 bridgehead atoms. The van der Waals surface area contributed by atoms with Crippen LogP contribution in [-0.2, 0) is 4.74 Å². The van der Waals surface area contributed by atoms with Gasteiger partial charge in [0.15, 0.2) is 0 Å². The van der Waals surface area contributed by atoms with E-state index < -0.39 is 0 Å². The molecule has 0 spiro atoms. The van der Waals surface area contributed by atoms with Crippen molar-refractivity contribution < 1.29 is 4.74 Å². The van der Waals surface area contributed by atoms with Crippen LogP contribution in [0.2, 0.25) is 0 Å². The fraction of sp³-hybridized carbons (Fsp3) is 1.00. The third-order valence-corrected chi connectivity index (χ3v) is 7.72. The molecule has 3 aliphatic rings. The van der Waals surface area contributed by atoms with Crippen LogP contribution >= 0.6 is 0 Å². The predicted octanol–water partition coefficient (Wildman–Crippen LogP) is 4.80. The lowest BCUT2D eigenvalue weighted by atomic mass is 9.38. The highest BCUT2D eigenvalue weighted by Crippen LogP contribution is 2.71. The SMILES string of the molecule is CC1(C)CCC[C@]2(C)[C@H]3CCO[C@]3(C)CCC12C. The van der Waals surface area contributed by atoms with Gasteiger partial charge in [0.2, 0.25) is 0 Å². The molecule has 0 N–H and O–H groups in total. The first-order valence-corrected chi connectivity index (χ1v) is 7.89. The van der Waals surface area contributed by atoms with Crippen molar-refractivity contribution in [1.29, 1.82) is 0 Å². The highest BCUT2D eigenvalue weighted by atomic mass is 16.5. The number of fused-ring (bicyclic) bond motifs is 3. The Morgan fingerprint density at radius 2 is 1.61 bits per heavy atom. The first kappa shape index (κ1) is 13.0. The molecule has 2 aliphatic carbocycles. The molecule has 0 radical (unpaired) electrons. The average molecular weight is 250 g/mol. The van der Waals surface area contributed by atoms with E-state index >= 15 is 0 Å². The lowest BCUT2D eigenvalue weighted by molar-refractivity contribution is -0.200. The second kappa shape index (κ2) is 3.53. The summed E-state index contributed by atoms with van der Waals surface area (Å²) >= 11 is 0. The number of hydrogen-bond acceptors (Lipinski definition) is 1. The zero-order valence-electron chi connectivity index (χ0n) is 12.9. The molecule has 2 saturated carbocycles. The summed E-state index contributed by atoms with van der Waals surface area (Å²) in [5.74, 6) is 0.781. The summed E-state index contributed by atoms with van der Waals surface area (Å²) in [7, 11) is 0. The Balaban J connectivity index is 2.07. The normalized spacial score (nSPS) is 54.8. The molecule has 0 aromatic rings. The lowest BCUT2D eigenvalue weighted by Crippen LogP contribution is -2.61. The van der Waals surface area contributed by atoms with Crippen molar-refractivity contribution in [3.8, 4) is 0 Å². The average Bonchev–Trinajstić information content (AvgIpc) is 2.66. The third kappa shape index (κ3) is 1.32. The fourth-order valence-electron chi connectivity index (χ4n) is 5.96. The maximum absolute atomic E-state index is 6.17. The van der Waals surface area contributed by atoms with Crippen molar-refractivity contribution in [2.45, 2.75) is 78.7 Å². The molecule has 0 aromatic heterocycles. The maximum atomic E-state index is 6.17. The van der Waals surface area contributed by atoms with Crippen LogP contribution in [0.3, 0.4) is 0 Å². The molecule has 104 valence electrons. The van der Waals surface area contributed by atoms with E-state index in [0.717, 1.165) is 12.5 Å². The maximum Gasteiger partial charge on any atom is 0.0689 e. The third-order valence-electron chi connectivity index (χ3n) is 7.72. The van der Waals surface area contributed by atoms with E-state index in [4.69, 9.17) is 4.74 Å². The summed E-state index contributed by atoms with van der Waals surface area (Å²) in [6.45, 7) is 13.6.